The van der Waals surface area contributed by atoms with Crippen molar-refractivity contribution in [3.8, 4) is 5.75 Å². The van der Waals surface area contributed by atoms with Crippen LogP contribution in [0.15, 0.2) is 41.2 Å². The van der Waals surface area contributed by atoms with Crippen molar-refractivity contribution in [3.63, 3.8) is 0 Å². The molecule has 0 spiro atoms. The number of aromatic amines is 1. The van der Waals surface area contributed by atoms with Crippen molar-refractivity contribution in [1.29, 1.82) is 0 Å². The molecule has 0 bridgehead atoms. The van der Waals surface area contributed by atoms with Gasteiger partial charge in [0.05, 0.1) is 13.5 Å². The molecular formula is C17H18N2O2S. The molecule has 0 radical (unpaired) electrons. The van der Waals surface area contributed by atoms with E-state index in [1.165, 1.54) is 5.56 Å². The first-order valence-electron chi connectivity index (χ1n) is 7.18. The second kappa shape index (κ2) is 6.66. The number of ether oxygens (including phenoxy) is 1. The van der Waals surface area contributed by atoms with Crippen molar-refractivity contribution in [1.82, 2.24) is 10.3 Å². The molecule has 3 aromatic rings. The van der Waals surface area contributed by atoms with E-state index in [2.05, 4.69) is 10.3 Å². The van der Waals surface area contributed by atoms with Gasteiger partial charge in [-0.15, -0.1) is 0 Å². The predicted molar refractivity (Wildman–Crippen MR) is 89.6 cm³/mol. The van der Waals surface area contributed by atoms with Crippen LogP contribution in [0.4, 0.5) is 0 Å². The lowest BCUT2D eigenvalue weighted by Gasteiger charge is -2.05. The maximum atomic E-state index is 11.9. The fraction of sp³-hybridized carbons (Fsp3) is 0.235. The molecule has 0 aliphatic rings. The fourth-order valence-electron chi connectivity index (χ4n) is 2.47. The molecule has 0 unspecified atom stereocenters. The van der Waals surface area contributed by atoms with Gasteiger partial charge in [-0.2, -0.15) is 11.3 Å². The lowest BCUT2D eigenvalue weighted by atomic mass is 10.1. The van der Waals surface area contributed by atoms with E-state index in [4.69, 9.17) is 4.74 Å². The number of thiophene rings is 1. The van der Waals surface area contributed by atoms with Gasteiger partial charge < -0.3 is 15.0 Å². The molecule has 2 heterocycles. The number of methoxy groups -OCH3 is 1. The lowest BCUT2D eigenvalue weighted by Crippen LogP contribution is -2.27. The third kappa shape index (κ3) is 3.31. The molecule has 1 amide bonds. The van der Waals surface area contributed by atoms with Crippen LogP contribution in [-0.2, 0) is 17.6 Å². The van der Waals surface area contributed by atoms with Gasteiger partial charge in [-0.25, -0.2) is 0 Å². The van der Waals surface area contributed by atoms with E-state index in [0.29, 0.717) is 13.0 Å². The molecule has 0 saturated heterocycles. The first-order chi connectivity index (χ1) is 10.8. The zero-order chi connectivity index (χ0) is 15.4. The Bertz CT molecular complexity index is 762. The standard InChI is InChI=1S/C17H18N2O2S/c1-21-14-2-3-16-15(9-14)13(10-19-16)4-6-18-17(20)8-12-5-7-22-11-12/h2-3,5,7,9-11,19H,4,6,8H2,1H3,(H,18,20). The molecule has 2 aromatic heterocycles. The number of carbonyl (C=O) groups excluding carboxylic acids is 1. The summed E-state index contributed by atoms with van der Waals surface area (Å²) in [7, 11) is 1.66. The minimum Gasteiger partial charge on any atom is -0.497 e. The van der Waals surface area contributed by atoms with Crippen molar-refractivity contribution in [2.75, 3.05) is 13.7 Å². The molecule has 2 N–H and O–H groups in total. The molecular weight excluding hydrogens is 296 g/mol. The van der Waals surface area contributed by atoms with Crippen LogP contribution in [0.3, 0.4) is 0 Å². The van der Waals surface area contributed by atoms with Gasteiger partial charge in [0.2, 0.25) is 5.91 Å². The summed E-state index contributed by atoms with van der Waals surface area (Å²) in [4.78, 5) is 15.1. The normalized spacial score (nSPS) is 10.8. The fourth-order valence-corrected chi connectivity index (χ4v) is 3.14. The Hall–Kier alpha value is -2.27. The number of benzene rings is 1. The number of rotatable bonds is 6. The van der Waals surface area contributed by atoms with Gasteiger partial charge in [-0.05, 0) is 52.6 Å². The van der Waals surface area contributed by atoms with E-state index in [1.807, 2.05) is 41.2 Å². The second-order valence-electron chi connectivity index (χ2n) is 5.13. The van der Waals surface area contributed by atoms with E-state index >= 15 is 0 Å². The molecule has 0 saturated carbocycles. The molecule has 4 nitrogen and oxygen atoms in total. The number of fused-ring (bicyclic) bond motifs is 1. The first-order valence-corrected chi connectivity index (χ1v) is 8.12. The van der Waals surface area contributed by atoms with Crippen LogP contribution in [0, 0.1) is 0 Å². The van der Waals surface area contributed by atoms with Gasteiger partial charge in [0.25, 0.3) is 0 Å². The smallest absolute Gasteiger partial charge is 0.224 e. The Labute approximate surface area is 133 Å². The zero-order valence-electron chi connectivity index (χ0n) is 12.4. The number of H-pyrrole nitrogens is 1. The number of hydrogen-bond donors (Lipinski definition) is 2. The molecule has 1 aromatic carbocycles. The van der Waals surface area contributed by atoms with Crippen LogP contribution in [0.2, 0.25) is 0 Å². The lowest BCUT2D eigenvalue weighted by molar-refractivity contribution is -0.120. The van der Waals surface area contributed by atoms with Crippen molar-refractivity contribution in [2.24, 2.45) is 0 Å². The number of carbonyl (C=O) groups is 1. The highest BCUT2D eigenvalue weighted by molar-refractivity contribution is 7.08. The van der Waals surface area contributed by atoms with E-state index in [1.54, 1.807) is 18.4 Å². The van der Waals surface area contributed by atoms with Gasteiger partial charge in [0.1, 0.15) is 5.75 Å². The van der Waals surface area contributed by atoms with Crippen LogP contribution >= 0.6 is 11.3 Å². The highest BCUT2D eigenvalue weighted by atomic mass is 32.1. The van der Waals surface area contributed by atoms with E-state index in [9.17, 15) is 4.79 Å². The maximum absolute atomic E-state index is 11.9. The summed E-state index contributed by atoms with van der Waals surface area (Å²) in [5.41, 5.74) is 3.34. The van der Waals surface area contributed by atoms with Gasteiger partial charge in [0, 0.05) is 23.6 Å². The van der Waals surface area contributed by atoms with Gasteiger partial charge in [-0.1, -0.05) is 0 Å². The van der Waals surface area contributed by atoms with Crippen molar-refractivity contribution >= 4 is 28.1 Å². The Morgan fingerprint density at radius 2 is 2.27 bits per heavy atom. The monoisotopic (exact) mass is 314 g/mol. The van der Waals surface area contributed by atoms with Crippen molar-refractivity contribution in [2.45, 2.75) is 12.8 Å². The topological polar surface area (TPSA) is 54.1 Å². The summed E-state index contributed by atoms with van der Waals surface area (Å²) in [6.07, 6.45) is 3.24. The molecule has 0 atom stereocenters. The van der Waals surface area contributed by atoms with E-state index in [-0.39, 0.29) is 5.91 Å². The highest BCUT2D eigenvalue weighted by Crippen LogP contribution is 2.23. The van der Waals surface area contributed by atoms with Gasteiger partial charge in [0.15, 0.2) is 0 Å². The van der Waals surface area contributed by atoms with E-state index < -0.39 is 0 Å². The second-order valence-corrected chi connectivity index (χ2v) is 5.91. The Morgan fingerprint density at radius 1 is 1.36 bits per heavy atom. The summed E-state index contributed by atoms with van der Waals surface area (Å²) in [5, 5.41) is 8.11. The average Bonchev–Trinajstić information content (AvgIpc) is 3.17. The van der Waals surface area contributed by atoms with Crippen LogP contribution in [0.25, 0.3) is 10.9 Å². The van der Waals surface area contributed by atoms with Crippen LogP contribution in [0.1, 0.15) is 11.1 Å². The Morgan fingerprint density at radius 3 is 3.05 bits per heavy atom. The quantitative estimate of drug-likeness (QED) is 0.734. The summed E-state index contributed by atoms with van der Waals surface area (Å²) >= 11 is 1.61. The molecule has 22 heavy (non-hydrogen) atoms. The third-order valence-corrected chi connectivity index (χ3v) is 4.37. The minimum absolute atomic E-state index is 0.0656. The molecule has 3 rings (SSSR count). The maximum Gasteiger partial charge on any atom is 0.224 e. The highest BCUT2D eigenvalue weighted by Gasteiger charge is 2.07. The SMILES string of the molecule is COc1ccc2[nH]cc(CCNC(=O)Cc3ccsc3)c2c1. The number of nitrogens with one attached hydrogen (secondary N) is 2. The number of amides is 1. The summed E-state index contributed by atoms with van der Waals surface area (Å²) in [6.45, 7) is 0.632. The molecule has 0 fully saturated rings. The Kier molecular flexibility index (Phi) is 4.44. The van der Waals surface area contributed by atoms with Crippen molar-refractivity contribution < 1.29 is 9.53 Å². The van der Waals surface area contributed by atoms with Crippen LogP contribution < -0.4 is 10.1 Å². The minimum atomic E-state index is 0.0656. The number of aromatic nitrogens is 1. The third-order valence-electron chi connectivity index (χ3n) is 3.64. The van der Waals surface area contributed by atoms with E-state index in [0.717, 1.165) is 28.6 Å². The molecule has 5 heteroatoms. The first kappa shape index (κ1) is 14.7. The molecule has 0 aliphatic carbocycles. The van der Waals surface area contributed by atoms with Crippen LogP contribution in [-0.4, -0.2) is 24.5 Å². The summed E-state index contributed by atoms with van der Waals surface area (Å²) in [6, 6.07) is 7.95. The van der Waals surface area contributed by atoms with Gasteiger partial charge >= 0.3 is 0 Å². The van der Waals surface area contributed by atoms with Gasteiger partial charge in [-0.3, -0.25) is 4.79 Å². The molecule has 0 aliphatic heterocycles. The van der Waals surface area contributed by atoms with Crippen LogP contribution in [0.5, 0.6) is 5.75 Å². The predicted octanol–water partition coefficient (Wildman–Crippen LogP) is 3.14. The zero-order valence-corrected chi connectivity index (χ0v) is 13.2. The average molecular weight is 314 g/mol. The Balaban J connectivity index is 1.58. The largest absolute Gasteiger partial charge is 0.497 e. The molecule has 114 valence electrons. The number of hydrogen-bond acceptors (Lipinski definition) is 3. The van der Waals surface area contributed by atoms with Crippen molar-refractivity contribution in [3.05, 3.63) is 52.3 Å². The summed E-state index contributed by atoms with van der Waals surface area (Å²) in [5.74, 6) is 0.908. The summed E-state index contributed by atoms with van der Waals surface area (Å²) < 4.78 is 5.27.